The number of anilines is 1. The normalized spacial score (nSPS) is 19.8. The molecule has 1 amide bonds. The average molecular weight is 356 g/mol. The third kappa shape index (κ3) is 5.05. The Bertz CT molecular complexity index is 733. The van der Waals surface area contributed by atoms with E-state index in [0.717, 1.165) is 36.9 Å². The van der Waals surface area contributed by atoms with Gasteiger partial charge in [-0.25, -0.2) is 4.39 Å². The first-order valence-corrected chi connectivity index (χ1v) is 9.14. The van der Waals surface area contributed by atoms with Crippen LogP contribution in [0.2, 0.25) is 0 Å². The van der Waals surface area contributed by atoms with Gasteiger partial charge in [0, 0.05) is 30.4 Å². The van der Waals surface area contributed by atoms with Crippen LogP contribution in [0.15, 0.2) is 48.5 Å². The molecule has 5 heteroatoms. The summed E-state index contributed by atoms with van der Waals surface area (Å²) in [4.78, 5) is 12.5. The van der Waals surface area contributed by atoms with Gasteiger partial charge >= 0.3 is 0 Å². The van der Waals surface area contributed by atoms with Crippen molar-refractivity contribution < 1.29 is 14.3 Å². The third-order valence-electron chi connectivity index (χ3n) is 4.91. The zero-order valence-corrected chi connectivity index (χ0v) is 14.7. The first-order chi connectivity index (χ1) is 12.6. The number of hydrogen-bond acceptors (Lipinski definition) is 3. The van der Waals surface area contributed by atoms with E-state index in [-0.39, 0.29) is 30.3 Å². The molecule has 1 saturated carbocycles. The molecule has 4 nitrogen and oxygen atoms in total. The Labute approximate surface area is 153 Å². The van der Waals surface area contributed by atoms with Crippen LogP contribution in [0.1, 0.15) is 41.6 Å². The minimum absolute atomic E-state index is 0.0842. The van der Waals surface area contributed by atoms with Crippen LogP contribution < -0.4 is 10.6 Å². The van der Waals surface area contributed by atoms with Crippen molar-refractivity contribution in [3.63, 3.8) is 0 Å². The highest BCUT2D eigenvalue weighted by molar-refractivity contribution is 5.95. The van der Waals surface area contributed by atoms with E-state index in [1.807, 2.05) is 18.2 Å². The molecule has 26 heavy (non-hydrogen) atoms. The number of rotatable bonds is 6. The molecule has 0 aliphatic heterocycles. The van der Waals surface area contributed by atoms with Crippen molar-refractivity contribution in [3.8, 4) is 0 Å². The predicted octanol–water partition coefficient (Wildman–Crippen LogP) is 3.72. The van der Waals surface area contributed by atoms with Crippen molar-refractivity contribution in [3.05, 3.63) is 65.5 Å². The summed E-state index contributed by atoms with van der Waals surface area (Å²) in [6.07, 6.45) is 3.87. The van der Waals surface area contributed by atoms with E-state index in [9.17, 15) is 14.3 Å². The van der Waals surface area contributed by atoms with Crippen molar-refractivity contribution in [2.45, 2.75) is 38.3 Å². The van der Waals surface area contributed by atoms with Crippen molar-refractivity contribution in [2.24, 2.45) is 5.92 Å². The predicted molar refractivity (Wildman–Crippen MR) is 100 cm³/mol. The largest absolute Gasteiger partial charge is 0.396 e. The fourth-order valence-electron chi connectivity index (χ4n) is 3.43. The van der Waals surface area contributed by atoms with Crippen molar-refractivity contribution in [1.29, 1.82) is 0 Å². The van der Waals surface area contributed by atoms with Crippen LogP contribution in [-0.2, 0) is 6.54 Å². The summed E-state index contributed by atoms with van der Waals surface area (Å²) < 4.78 is 13.0. The molecule has 2 aromatic rings. The molecule has 0 saturated heterocycles. The zero-order chi connectivity index (χ0) is 18.4. The van der Waals surface area contributed by atoms with Gasteiger partial charge in [-0.2, -0.15) is 0 Å². The highest BCUT2D eigenvalue weighted by atomic mass is 19.1. The van der Waals surface area contributed by atoms with Gasteiger partial charge in [0.2, 0.25) is 0 Å². The van der Waals surface area contributed by atoms with Crippen LogP contribution in [0.3, 0.4) is 0 Å². The first-order valence-electron chi connectivity index (χ1n) is 9.14. The Morgan fingerprint density at radius 3 is 2.73 bits per heavy atom. The minimum atomic E-state index is -0.251. The van der Waals surface area contributed by atoms with Crippen molar-refractivity contribution in [1.82, 2.24) is 5.32 Å². The quantitative estimate of drug-likeness (QED) is 0.739. The molecule has 2 atom stereocenters. The Morgan fingerprint density at radius 2 is 1.96 bits per heavy atom. The Morgan fingerprint density at radius 1 is 1.15 bits per heavy atom. The maximum Gasteiger partial charge on any atom is 0.251 e. The standard InChI is InChI=1S/C21H25FN2O2/c22-18-9-7-15(8-10-18)13-23-19-5-2-4-17(12-19)21(26)24-20-6-1-3-16(11-20)14-25/h2,4-5,7-10,12,16,20,23,25H,1,3,6,11,13-14H2,(H,24,26)/t16-,20-/m1/s1. The summed E-state index contributed by atoms with van der Waals surface area (Å²) in [6.45, 7) is 0.751. The fraction of sp³-hybridized carbons (Fsp3) is 0.381. The highest BCUT2D eigenvalue weighted by Gasteiger charge is 2.23. The summed E-state index contributed by atoms with van der Waals surface area (Å²) in [5.41, 5.74) is 2.43. The molecular weight excluding hydrogens is 331 g/mol. The van der Waals surface area contributed by atoms with E-state index in [1.54, 1.807) is 18.2 Å². The lowest BCUT2D eigenvalue weighted by Gasteiger charge is -2.28. The minimum Gasteiger partial charge on any atom is -0.396 e. The second kappa shape index (κ2) is 8.81. The number of carbonyl (C=O) groups is 1. The molecule has 3 N–H and O–H groups in total. The molecule has 0 bridgehead atoms. The number of nitrogens with one attached hydrogen (secondary N) is 2. The Hall–Kier alpha value is -2.40. The van der Waals surface area contributed by atoms with Gasteiger partial charge in [-0.3, -0.25) is 4.79 Å². The monoisotopic (exact) mass is 356 g/mol. The summed E-state index contributed by atoms with van der Waals surface area (Å²) in [6, 6.07) is 13.8. The second-order valence-corrected chi connectivity index (χ2v) is 6.95. The molecule has 2 aromatic carbocycles. The lowest BCUT2D eigenvalue weighted by Crippen LogP contribution is -2.39. The maximum atomic E-state index is 13.0. The molecule has 1 aliphatic rings. The molecule has 0 spiro atoms. The molecule has 0 radical (unpaired) electrons. The smallest absolute Gasteiger partial charge is 0.251 e. The summed E-state index contributed by atoms with van der Waals surface area (Å²) >= 11 is 0. The van der Waals surface area contributed by atoms with Crippen LogP contribution >= 0.6 is 0 Å². The summed E-state index contributed by atoms with van der Waals surface area (Å²) in [5.74, 6) is -0.0460. The van der Waals surface area contributed by atoms with Crippen LogP contribution in [0, 0.1) is 11.7 Å². The summed E-state index contributed by atoms with van der Waals surface area (Å²) in [7, 11) is 0. The third-order valence-corrected chi connectivity index (χ3v) is 4.91. The van der Waals surface area contributed by atoms with Gasteiger partial charge in [-0.15, -0.1) is 0 Å². The topological polar surface area (TPSA) is 61.4 Å². The fourth-order valence-corrected chi connectivity index (χ4v) is 3.43. The van der Waals surface area contributed by atoms with Crippen LogP contribution in [0.5, 0.6) is 0 Å². The number of amides is 1. The van der Waals surface area contributed by atoms with Gasteiger partial charge in [-0.1, -0.05) is 24.6 Å². The van der Waals surface area contributed by atoms with E-state index >= 15 is 0 Å². The number of halogens is 1. The van der Waals surface area contributed by atoms with Gasteiger partial charge in [0.05, 0.1) is 0 Å². The van der Waals surface area contributed by atoms with Gasteiger partial charge < -0.3 is 15.7 Å². The molecule has 1 fully saturated rings. The number of hydrogen-bond donors (Lipinski definition) is 3. The molecule has 0 aromatic heterocycles. The molecule has 0 heterocycles. The van der Waals surface area contributed by atoms with Crippen LogP contribution in [0.25, 0.3) is 0 Å². The average Bonchev–Trinajstić information content (AvgIpc) is 2.68. The van der Waals surface area contributed by atoms with Crippen LogP contribution in [0.4, 0.5) is 10.1 Å². The maximum absolute atomic E-state index is 13.0. The Balaban J connectivity index is 1.57. The molecule has 0 unspecified atom stereocenters. The number of benzene rings is 2. The lowest BCUT2D eigenvalue weighted by molar-refractivity contribution is 0.0906. The zero-order valence-electron chi connectivity index (χ0n) is 14.7. The molecular formula is C21H25FN2O2. The SMILES string of the molecule is O=C(N[C@@H]1CCC[C@@H](CO)C1)c1cccc(NCc2ccc(F)cc2)c1. The van der Waals surface area contributed by atoms with E-state index in [0.29, 0.717) is 12.1 Å². The van der Waals surface area contributed by atoms with E-state index < -0.39 is 0 Å². The number of carbonyl (C=O) groups excluding carboxylic acids is 1. The Kier molecular flexibility index (Phi) is 6.23. The van der Waals surface area contributed by atoms with E-state index in [1.165, 1.54) is 12.1 Å². The van der Waals surface area contributed by atoms with Gasteiger partial charge in [0.25, 0.3) is 5.91 Å². The number of aliphatic hydroxyl groups is 1. The molecule has 138 valence electrons. The van der Waals surface area contributed by atoms with E-state index in [4.69, 9.17) is 0 Å². The first kappa shape index (κ1) is 18.4. The van der Waals surface area contributed by atoms with Gasteiger partial charge in [-0.05, 0) is 61.1 Å². The van der Waals surface area contributed by atoms with Gasteiger partial charge in [0.1, 0.15) is 5.82 Å². The molecule has 1 aliphatic carbocycles. The lowest BCUT2D eigenvalue weighted by atomic mass is 9.86. The van der Waals surface area contributed by atoms with Crippen molar-refractivity contribution in [2.75, 3.05) is 11.9 Å². The highest BCUT2D eigenvalue weighted by Crippen LogP contribution is 2.24. The molecule has 3 rings (SSSR count). The summed E-state index contributed by atoms with van der Waals surface area (Å²) in [5, 5.41) is 15.7. The van der Waals surface area contributed by atoms with Gasteiger partial charge in [0.15, 0.2) is 0 Å². The van der Waals surface area contributed by atoms with Crippen molar-refractivity contribution >= 4 is 11.6 Å². The van der Waals surface area contributed by atoms with Crippen LogP contribution in [-0.4, -0.2) is 23.7 Å². The van der Waals surface area contributed by atoms with E-state index in [2.05, 4.69) is 10.6 Å². The number of aliphatic hydroxyl groups excluding tert-OH is 1. The second-order valence-electron chi connectivity index (χ2n) is 6.95.